The Hall–Kier alpha value is -3.48. The molecule has 0 unspecified atom stereocenters. The van der Waals surface area contributed by atoms with Crippen LogP contribution in [0.15, 0.2) is 54.7 Å². The highest BCUT2D eigenvalue weighted by molar-refractivity contribution is 5.57. The van der Waals surface area contributed by atoms with Gasteiger partial charge in [-0.3, -0.25) is 0 Å². The molecule has 5 rings (SSSR count). The lowest BCUT2D eigenvalue weighted by atomic mass is 10.00. The Morgan fingerprint density at radius 1 is 0.963 bits per heavy atom. The van der Waals surface area contributed by atoms with Crippen molar-refractivity contribution >= 4 is 11.5 Å². The van der Waals surface area contributed by atoms with E-state index in [0.717, 1.165) is 25.3 Å². The van der Waals surface area contributed by atoms with Crippen LogP contribution < -0.4 is 9.64 Å². The number of ether oxygens (including phenoxy) is 1. The molecule has 1 aliphatic heterocycles. The molecule has 1 aliphatic rings. The fourth-order valence-electron chi connectivity index (χ4n) is 3.43. The van der Waals surface area contributed by atoms with Gasteiger partial charge in [0.25, 0.3) is 0 Å². The zero-order valence-corrected chi connectivity index (χ0v) is 14.9. The van der Waals surface area contributed by atoms with Gasteiger partial charge in [0.2, 0.25) is 5.82 Å². The molecule has 0 atom stereocenters. The molecule has 1 aromatic carbocycles. The summed E-state index contributed by atoms with van der Waals surface area (Å²) in [5, 5.41) is 13.3. The number of hydrogen-bond acceptors (Lipinski definition) is 6. The third-order valence-electron chi connectivity index (χ3n) is 4.90. The number of pyridine rings is 1. The van der Waals surface area contributed by atoms with E-state index in [1.807, 2.05) is 24.3 Å². The first-order valence-corrected chi connectivity index (χ1v) is 8.86. The Balaban J connectivity index is 1.52. The van der Waals surface area contributed by atoms with Crippen LogP contribution in [0.3, 0.4) is 0 Å². The maximum Gasteiger partial charge on any atom is 0.203 e. The number of benzene rings is 1. The van der Waals surface area contributed by atoms with Crippen LogP contribution in [0, 0.1) is 0 Å². The van der Waals surface area contributed by atoms with Gasteiger partial charge < -0.3 is 9.64 Å². The number of hydrogen-bond donors (Lipinski definition) is 0. The Kier molecular flexibility index (Phi) is 3.71. The highest BCUT2D eigenvalue weighted by atomic mass is 16.5. The van der Waals surface area contributed by atoms with Gasteiger partial charge in [0.15, 0.2) is 5.65 Å². The predicted octanol–water partition coefficient (Wildman–Crippen LogP) is 2.76. The molecule has 0 radical (unpaired) electrons. The first kappa shape index (κ1) is 15.7. The second-order valence-corrected chi connectivity index (χ2v) is 6.51. The van der Waals surface area contributed by atoms with Crippen molar-refractivity contribution in [3.05, 3.63) is 65.9 Å². The Bertz CT molecular complexity index is 1110. The highest BCUT2D eigenvalue weighted by Crippen LogP contribution is 2.24. The summed E-state index contributed by atoms with van der Waals surface area (Å²) in [6, 6.07) is 16.2. The van der Waals surface area contributed by atoms with Crippen molar-refractivity contribution in [2.24, 2.45) is 0 Å². The lowest BCUT2D eigenvalue weighted by Crippen LogP contribution is -2.31. The molecule has 4 aromatic rings. The van der Waals surface area contributed by atoms with Crippen molar-refractivity contribution in [3.63, 3.8) is 0 Å². The van der Waals surface area contributed by atoms with Gasteiger partial charge in [0.1, 0.15) is 17.3 Å². The van der Waals surface area contributed by atoms with Crippen LogP contribution in [0.25, 0.3) is 17.2 Å². The summed E-state index contributed by atoms with van der Waals surface area (Å²) < 4.78 is 6.93. The largest absolute Gasteiger partial charge is 0.495 e. The van der Waals surface area contributed by atoms with Crippen LogP contribution in [0.5, 0.6) is 5.75 Å². The summed E-state index contributed by atoms with van der Waals surface area (Å²) >= 11 is 0. The van der Waals surface area contributed by atoms with E-state index in [9.17, 15) is 0 Å². The molecule has 134 valence electrons. The lowest BCUT2D eigenvalue weighted by molar-refractivity contribution is 0.413. The quantitative estimate of drug-likeness (QED) is 0.561. The van der Waals surface area contributed by atoms with Gasteiger partial charge in [-0.05, 0) is 41.8 Å². The maximum atomic E-state index is 5.17. The Morgan fingerprint density at radius 2 is 1.85 bits per heavy atom. The molecule has 0 saturated heterocycles. The zero-order valence-electron chi connectivity index (χ0n) is 14.9. The average molecular weight is 358 g/mol. The fraction of sp³-hybridized carbons (Fsp3) is 0.200. The van der Waals surface area contributed by atoms with Crippen LogP contribution in [-0.4, -0.2) is 38.4 Å². The van der Waals surface area contributed by atoms with Crippen LogP contribution >= 0.6 is 0 Å². The first-order valence-electron chi connectivity index (χ1n) is 8.86. The summed E-state index contributed by atoms with van der Waals surface area (Å²) in [7, 11) is 1.62. The van der Waals surface area contributed by atoms with E-state index < -0.39 is 0 Å². The smallest absolute Gasteiger partial charge is 0.203 e. The molecule has 0 spiro atoms. The zero-order chi connectivity index (χ0) is 18.2. The number of anilines is 1. The van der Waals surface area contributed by atoms with Gasteiger partial charge in [-0.25, -0.2) is 4.98 Å². The fourth-order valence-corrected chi connectivity index (χ4v) is 3.43. The van der Waals surface area contributed by atoms with Crippen molar-refractivity contribution in [2.45, 2.75) is 13.0 Å². The molecule has 7 heteroatoms. The summed E-state index contributed by atoms with van der Waals surface area (Å²) in [6.07, 6.45) is 2.69. The molecular formula is C20H18N6O. The number of methoxy groups -OCH3 is 1. The Morgan fingerprint density at radius 3 is 2.67 bits per heavy atom. The van der Waals surface area contributed by atoms with E-state index in [2.05, 4.69) is 44.3 Å². The standard InChI is InChI=1S/C20H18N6O/c1-27-16-6-7-17(21-12-16)20-23-22-18-8-9-19(24-26(18)20)25-11-10-14-4-2-3-5-15(14)13-25/h2-9,12H,10-11,13H2,1H3. The van der Waals surface area contributed by atoms with E-state index in [4.69, 9.17) is 9.84 Å². The minimum absolute atomic E-state index is 0.618. The summed E-state index contributed by atoms with van der Waals surface area (Å²) in [6.45, 7) is 1.79. The summed E-state index contributed by atoms with van der Waals surface area (Å²) in [5.41, 5.74) is 4.18. The second-order valence-electron chi connectivity index (χ2n) is 6.51. The normalized spacial score (nSPS) is 13.6. The van der Waals surface area contributed by atoms with E-state index in [1.165, 1.54) is 11.1 Å². The molecule has 0 amide bonds. The first-order chi connectivity index (χ1) is 13.3. The van der Waals surface area contributed by atoms with Crippen molar-refractivity contribution in [3.8, 4) is 17.3 Å². The number of nitrogens with zero attached hydrogens (tertiary/aromatic N) is 6. The molecular weight excluding hydrogens is 340 g/mol. The number of rotatable bonds is 3. The number of aromatic nitrogens is 5. The molecule has 27 heavy (non-hydrogen) atoms. The molecule has 0 aliphatic carbocycles. The van der Waals surface area contributed by atoms with Crippen LogP contribution in [0.4, 0.5) is 5.82 Å². The number of fused-ring (bicyclic) bond motifs is 2. The average Bonchev–Trinajstić information content (AvgIpc) is 3.16. The summed E-state index contributed by atoms with van der Waals surface area (Å²) in [4.78, 5) is 6.70. The van der Waals surface area contributed by atoms with E-state index in [0.29, 0.717) is 22.9 Å². The predicted molar refractivity (Wildman–Crippen MR) is 102 cm³/mol. The Labute approximate surface area is 156 Å². The van der Waals surface area contributed by atoms with Gasteiger partial charge in [-0.15, -0.1) is 15.3 Å². The van der Waals surface area contributed by atoms with Gasteiger partial charge in [0, 0.05) is 13.1 Å². The highest BCUT2D eigenvalue weighted by Gasteiger charge is 2.19. The topological polar surface area (TPSA) is 68.4 Å². The summed E-state index contributed by atoms with van der Waals surface area (Å²) in [5.74, 6) is 2.23. The molecule has 4 heterocycles. The van der Waals surface area contributed by atoms with Crippen molar-refractivity contribution in [1.82, 2.24) is 24.8 Å². The van der Waals surface area contributed by atoms with Gasteiger partial charge in [-0.2, -0.15) is 4.52 Å². The second kappa shape index (κ2) is 6.35. The monoisotopic (exact) mass is 358 g/mol. The SMILES string of the molecule is COc1ccc(-c2nnc3ccc(N4CCc5ccccc5C4)nn23)nc1. The van der Waals surface area contributed by atoms with Crippen molar-refractivity contribution in [1.29, 1.82) is 0 Å². The molecule has 7 nitrogen and oxygen atoms in total. The maximum absolute atomic E-state index is 5.17. The van der Waals surface area contributed by atoms with Gasteiger partial charge in [0.05, 0.1) is 13.3 Å². The minimum Gasteiger partial charge on any atom is -0.495 e. The van der Waals surface area contributed by atoms with E-state index in [1.54, 1.807) is 17.8 Å². The minimum atomic E-state index is 0.618. The van der Waals surface area contributed by atoms with Gasteiger partial charge >= 0.3 is 0 Å². The third kappa shape index (κ3) is 2.77. The van der Waals surface area contributed by atoms with Crippen molar-refractivity contribution in [2.75, 3.05) is 18.6 Å². The molecule has 0 saturated carbocycles. The van der Waals surface area contributed by atoms with Crippen LogP contribution in [0.1, 0.15) is 11.1 Å². The van der Waals surface area contributed by atoms with Crippen LogP contribution in [-0.2, 0) is 13.0 Å². The van der Waals surface area contributed by atoms with E-state index >= 15 is 0 Å². The molecule has 0 bridgehead atoms. The van der Waals surface area contributed by atoms with Gasteiger partial charge in [-0.1, -0.05) is 24.3 Å². The lowest BCUT2D eigenvalue weighted by Gasteiger charge is -2.29. The molecule has 3 aromatic heterocycles. The van der Waals surface area contributed by atoms with Crippen LogP contribution in [0.2, 0.25) is 0 Å². The van der Waals surface area contributed by atoms with Crippen molar-refractivity contribution < 1.29 is 4.74 Å². The molecule has 0 N–H and O–H groups in total. The molecule has 0 fully saturated rings. The third-order valence-corrected chi connectivity index (χ3v) is 4.90. The van der Waals surface area contributed by atoms with E-state index in [-0.39, 0.29) is 0 Å².